The van der Waals surface area contributed by atoms with Crippen LogP contribution in [0.5, 0.6) is 0 Å². The molecule has 0 radical (unpaired) electrons. The van der Waals surface area contributed by atoms with Crippen molar-refractivity contribution < 1.29 is 8.94 Å². The molecular weight excluding hydrogens is 192 g/mol. The van der Waals surface area contributed by atoms with Gasteiger partial charge in [0.25, 0.3) is 0 Å². The van der Waals surface area contributed by atoms with Gasteiger partial charge in [-0.3, -0.25) is 0 Å². The molecule has 2 rings (SSSR count). The SMILES string of the molecule is CCc1cc(-c2occc2CCN)no1. The van der Waals surface area contributed by atoms with Crippen LogP contribution in [0.4, 0.5) is 0 Å². The molecule has 0 spiro atoms. The lowest BCUT2D eigenvalue weighted by atomic mass is 10.1. The summed E-state index contributed by atoms with van der Waals surface area (Å²) in [5.41, 5.74) is 7.34. The summed E-state index contributed by atoms with van der Waals surface area (Å²) in [5, 5.41) is 3.96. The number of hydrogen-bond donors (Lipinski definition) is 1. The van der Waals surface area contributed by atoms with Gasteiger partial charge in [-0.15, -0.1) is 0 Å². The van der Waals surface area contributed by atoms with Crippen LogP contribution in [0.3, 0.4) is 0 Å². The molecular formula is C11H14N2O2. The Bertz CT molecular complexity index is 431. The van der Waals surface area contributed by atoms with E-state index in [1.807, 2.05) is 19.1 Å². The Labute approximate surface area is 88.0 Å². The van der Waals surface area contributed by atoms with Gasteiger partial charge in [0.2, 0.25) is 0 Å². The molecule has 0 atom stereocenters. The van der Waals surface area contributed by atoms with E-state index in [1.54, 1.807) is 6.26 Å². The molecule has 0 aliphatic heterocycles. The number of aromatic nitrogens is 1. The molecule has 0 saturated heterocycles. The van der Waals surface area contributed by atoms with Crippen LogP contribution >= 0.6 is 0 Å². The largest absolute Gasteiger partial charge is 0.462 e. The van der Waals surface area contributed by atoms with Crippen molar-refractivity contribution in [2.45, 2.75) is 19.8 Å². The summed E-state index contributed by atoms with van der Waals surface area (Å²) < 4.78 is 10.5. The summed E-state index contributed by atoms with van der Waals surface area (Å²) in [7, 11) is 0. The minimum Gasteiger partial charge on any atom is -0.462 e. The first-order valence-electron chi connectivity index (χ1n) is 5.07. The van der Waals surface area contributed by atoms with E-state index < -0.39 is 0 Å². The van der Waals surface area contributed by atoms with E-state index in [0.717, 1.165) is 35.6 Å². The van der Waals surface area contributed by atoms with Crippen molar-refractivity contribution in [3.63, 3.8) is 0 Å². The summed E-state index contributed by atoms with van der Waals surface area (Å²) in [6, 6.07) is 3.82. The standard InChI is InChI=1S/C11H14N2O2/c1-2-9-7-10(13-15-9)11-8(3-5-12)4-6-14-11/h4,6-7H,2-3,5,12H2,1H3. The number of nitrogens with two attached hydrogens (primary N) is 1. The first-order chi connectivity index (χ1) is 7.35. The molecule has 2 N–H and O–H groups in total. The molecule has 0 bridgehead atoms. The van der Waals surface area contributed by atoms with Crippen LogP contribution in [-0.2, 0) is 12.8 Å². The van der Waals surface area contributed by atoms with Crippen LogP contribution in [0.25, 0.3) is 11.5 Å². The van der Waals surface area contributed by atoms with E-state index in [9.17, 15) is 0 Å². The lowest BCUT2D eigenvalue weighted by molar-refractivity contribution is 0.387. The molecule has 0 aliphatic carbocycles. The van der Waals surface area contributed by atoms with Gasteiger partial charge in [0.15, 0.2) is 5.76 Å². The van der Waals surface area contributed by atoms with Gasteiger partial charge in [0, 0.05) is 18.1 Å². The Kier molecular flexibility index (Phi) is 2.87. The maximum Gasteiger partial charge on any atom is 0.159 e. The topological polar surface area (TPSA) is 65.2 Å². The lowest BCUT2D eigenvalue weighted by Crippen LogP contribution is -2.02. The third-order valence-corrected chi connectivity index (χ3v) is 2.30. The van der Waals surface area contributed by atoms with E-state index in [1.165, 1.54) is 0 Å². The van der Waals surface area contributed by atoms with Crippen molar-refractivity contribution in [2.75, 3.05) is 6.54 Å². The lowest BCUT2D eigenvalue weighted by Gasteiger charge is -1.95. The first kappa shape index (κ1) is 9.98. The predicted molar refractivity (Wildman–Crippen MR) is 56.3 cm³/mol. The van der Waals surface area contributed by atoms with Gasteiger partial charge in [-0.25, -0.2) is 0 Å². The zero-order valence-electron chi connectivity index (χ0n) is 8.69. The fourth-order valence-electron chi connectivity index (χ4n) is 1.50. The van der Waals surface area contributed by atoms with E-state index in [-0.39, 0.29) is 0 Å². The normalized spacial score (nSPS) is 10.8. The third-order valence-electron chi connectivity index (χ3n) is 2.30. The second-order valence-corrected chi connectivity index (χ2v) is 3.35. The minimum absolute atomic E-state index is 0.602. The zero-order valence-corrected chi connectivity index (χ0v) is 8.69. The molecule has 0 unspecified atom stereocenters. The van der Waals surface area contributed by atoms with Crippen molar-refractivity contribution in [1.29, 1.82) is 0 Å². The van der Waals surface area contributed by atoms with E-state index >= 15 is 0 Å². The second kappa shape index (κ2) is 4.31. The van der Waals surface area contributed by atoms with Crippen molar-refractivity contribution in [1.82, 2.24) is 5.16 Å². The molecule has 2 aromatic rings. The van der Waals surface area contributed by atoms with Gasteiger partial charge >= 0.3 is 0 Å². The molecule has 0 saturated carbocycles. The van der Waals surface area contributed by atoms with Gasteiger partial charge in [0.05, 0.1) is 6.26 Å². The highest BCUT2D eigenvalue weighted by Gasteiger charge is 2.12. The van der Waals surface area contributed by atoms with Gasteiger partial charge in [-0.1, -0.05) is 12.1 Å². The Morgan fingerprint density at radius 1 is 1.47 bits per heavy atom. The Hall–Kier alpha value is -1.55. The summed E-state index contributed by atoms with van der Waals surface area (Å²) >= 11 is 0. The highest BCUT2D eigenvalue weighted by Crippen LogP contribution is 2.24. The number of aryl methyl sites for hydroxylation is 1. The average Bonchev–Trinajstić information content (AvgIpc) is 2.85. The molecule has 4 nitrogen and oxygen atoms in total. The predicted octanol–water partition coefficient (Wildman–Crippen LogP) is 2.00. The van der Waals surface area contributed by atoms with Crippen LogP contribution in [0.2, 0.25) is 0 Å². The maximum absolute atomic E-state index is 5.51. The highest BCUT2D eigenvalue weighted by atomic mass is 16.5. The molecule has 0 amide bonds. The first-order valence-corrected chi connectivity index (χ1v) is 5.07. The van der Waals surface area contributed by atoms with Gasteiger partial charge < -0.3 is 14.7 Å². The number of furan rings is 1. The summed E-state index contributed by atoms with van der Waals surface area (Å²) in [4.78, 5) is 0. The molecule has 80 valence electrons. The van der Waals surface area contributed by atoms with E-state index in [0.29, 0.717) is 6.54 Å². The molecule has 0 aliphatic rings. The highest BCUT2D eigenvalue weighted by molar-refractivity contribution is 5.56. The Morgan fingerprint density at radius 3 is 3.00 bits per heavy atom. The van der Waals surface area contributed by atoms with Crippen molar-refractivity contribution in [2.24, 2.45) is 5.73 Å². The van der Waals surface area contributed by atoms with Crippen LogP contribution in [-0.4, -0.2) is 11.7 Å². The zero-order chi connectivity index (χ0) is 10.7. The van der Waals surface area contributed by atoms with Crippen molar-refractivity contribution >= 4 is 0 Å². The maximum atomic E-state index is 5.51. The average molecular weight is 206 g/mol. The fourth-order valence-corrected chi connectivity index (χ4v) is 1.50. The van der Waals surface area contributed by atoms with E-state index in [4.69, 9.17) is 14.7 Å². The summed E-state index contributed by atoms with van der Waals surface area (Å²) in [5.74, 6) is 1.63. The third kappa shape index (κ3) is 1.94. The van der Waals surface area contributed by atoms with Crippen LogP contribution < -0.4 is 5.73 Å². The van der Waals surface area contributed by atoms with Crippen LogP contribution in [0.15, 0.2) is 27.3 Å². The number of rotatable bonds is 4. The van der Waals surface area contributed by atoms with Crippen molar-refractivity contribution in [3.8, 4) is 11.5 Å². The monoisotopic (exact) mass is 206 g/mol. The smallest absolute Gasteiger partial charge is 0.159 e. The minimum atomic E-state index is 0.602. The fraction of sp³-hybridized carbons (Fsp3) is 0.364. The number of hydrogen-bond acceptors (Lipinski definition) is 4. The molecule has 15 heavy (non-hydrogen) atoms. The molecule has 2 aromatic heterocycles. The Morgan fingerprint density at radius 2 is 2.33 bits per heavy atom. The summed E-state index contributed by atoms with van der Waals surface area (Å²) in [6.07, 6.45) is 3.28. The van der Waals surface area contributed by atoms with Crippen molar-refractivity contribution in [3.05, 3.63) is 29.7 Å². The molecule has 4 heteroatoms. The van der Waals surface area contributed by atoms with Gasteiger partial charge in [0.1, 0.15) is 11.5 Å². The molecule has 2 heterocycles. The van der Waals surface area contributed by atoms with Gasteiger partial charge in [-0.2, -0.15) is 0 Å². The van der Waals surface area contributed by atoms with E-state index in [2.05, 4.69) is 5.16 Å². The summed E-state index contributed by atoms with van der Waals surface area (Å²) in [6.45, 7) is 2.62. The van der Waals surface area contributed by atoms with Crippen LogP contribution in [0.1, 0.15) is 18.2 Å². The molecule has 0 fully saturated rings. The molecule has 0 aromatic carbocycles. The number of nitrogens with zero attached hydrogens (tertiary/aromatic N) is 1. The second-order valence-electron chi connectivity index (χ2n) is 3.35. The Balaban J connectivity index is 2.31. The van der Waals surface area contributed by atoms with Crippen LogP contribution in [0, 0.1) is 0 Å². The van der Waals surface area contributed by atoms with Gasteiger partial charge in [-0.05, 0) is 19.0 Å². The quantitative estimate of drug-likeness (QED) is 0.830.